The summed E-state index contributed by atoms with van der Waals surface area (Å²) < 4.78 is 55.7. The van der Waals surface area contributed by atoms with Crippen molar-refractivity contribution in [2.45, 2.75) is 13.0 Å². The number of nitrogens with one attached hydrogen (secondary N) is 1. The Morgan fingerprint density at radius 2 is 2.00 bits per heavy atom. The zero-order valence-corrected chi connectivity index (χ0v) is 15.5. The number of hydrogen-bond donors (Lipinski definition) is 1. The van der Waals surface area contributed by atoms with Gasteiger partial charge in [-0.15, -0.1) is 0 Å². The number of carbonyl (C=O) groups excluding carboxylic acids is 1. The molecule has 29 heavy (non-hydrogen) atoms. The molecule has 1 saturated heterocycles. The summed E-state index contributed by atoms with van der Waals surface area (Å²) >= 11 is 0. The smallest absolute Gasteiger partial charge is 0.387 e. The highest BCUT2D eigenvalue weighted by Gasteiger charge is 2.23. The maximum absolute atomic E-state index is 13.4. The number of alkyl halides is 2. The number of benzene rings is 2. The number of anilines is 1. The second-order valence-electron chi connectivity index (χ2n) is 6.69. The molecule has 0 bridgehead atoms. The molecule has 0 radical (unpaired) electrons. The lowest BCUT2D eigenvalue weighted by atomic mass is 10.1. The van der Waals surface area contributed by atoms with Gasteiger partial charge in [0.25, 0.3) is 0 Å². The summed E-state index contributed by atoms with van der Waals surface area (Å²) in [7, 11) is 0. The second kappa shape index (κ2) is 9.45. The summed E-state index contributed by atoms with van der Waals surface area (Å²) in [6.45, 7) is -1.24. The fourth-order valence-corrected chi connectivity index (χ4v) is 3.21. The van der Waals surface area contributed by atoms with Crippen LogP contribution in [0.1, 0.15) is 12.0 Å². The van der Waals surface area contributed by atoms with Gasteiger partial charge in [-0.1, -0.05) is 18.2 Å². The van der Waals surface area contributed by atoms with Crippen LogP contribution in [0.3, 0.4) is 0 Å². The first-order valence-corrected chi connectivity index (χ1v) is 9.12. The summed E-state index contributed by atoms with van der Waals surface area (Å²) in [4.78, 5) is 14.0. The van der Waals surface area contributed by atoms with E-state index in [4.69, 9.17) is 0 Å². The van der Waals surface area contributed by atoms with E-state index in [1.54, 1.807) is 18.2 Å². The molecule has 1 atom stereocenters. The molecule has 1 fully saturated rings. The van der Waals surface area contributed by atoms with Crippen LogP contribution >= 0.6 is 0 Å². The molecule has 2 aromatic carbocycles. The van der Waals surface area contributed by atoms with Crippen molar-refractivity contribution in [3.8, 4) is 5.75 Å². The summed E-state index contributed by atoms with van der Waals surface area (Å²) in [5.74, 6) is -1.98. The lowest BCUT2D eigenvalue weighted by molar-refractivity contribution is -0.116. The van der Waals surface area contributed by atoms with E-state index in [0.717, 1.165) is 18.6 Å². The Labute approximate surface area is 165 Å². The van der Waals surface area contributed by atoms with E-state index in [1.807, 2.05) is 4.90 Å². The molecule has 8 heteroatoms. The number of nitrogens with zero attached hydrogens (tertiary/aromatic N) is 1. The molecule has 154 valence electrons. The fraction of sp³-hybridized carbons (Fsp3) is 0.286. The van der Waals surface area contributed by atoms with Gasteiger partial charge in [0.05, 0.1) is 0 Å². The number of rotatable bonds is 7. The number of hydrogen-bond acceptors (Lipinski definition) is 3. The molecule has 1 unspecified atom stereocenters. The molecule has 1 aliphatic rings. The quantitative estimate of drug-likeness (QED) is 0.551. The van der Waals surface area contributed by atoms with Crippen LogP contribution in [-0.4, -0.2) is 32.2 Å². The first-order chi connectivity index (χ1) is 13.9. The summed E-state index contributed by atoms with van der Waals surface area (Å²) in [5, 5.41) is 2.77. The van der Waals surface area contributed by atoms with Gasteiger partial charge in [0.1, 0.15) is 5.75 Å². The predicted molar refractivity (Wildman–Crippen MR) is 102 cm³/mol. The molecule has 0 aromatic heterocycles. The standard InChI is InChI=1S/C21H20F4N2O2/c22-17-7-6-16(11-18(17)23)27-10-9-14(13-27)12-26-20(28)8-5-15-3-1-2-4-19(15)29-21(24)25/h1-8,11,14,21H,9-10,12-13H2,(H,26,28)/b8-5+. The molecule has 1 N–H and O–H groups in total. The fourth-order valence-electron chi connectivity index (χ4n) is 3.21. The van der Waals surface area contributed by atoms with Gasteiger partial charge >= 0.3 is 6.61 Å². The minimum atomic E-state index is -2.95. The molecule has 0 saturated carbocycles. The van der Waals surface area contributed by atoms with Gasteiger partial charge < -0.3 is 15.0 Å². The number of halogens is 4. The van der Waals surface area contributed by atoms with Crippen molar-refractivity contribution in [1.29, 1.82) is 0 Å². The topological polar surface area (TPSA) is 41.6 Å². The lowest BCUT2D eigenvalue weighted by Crippen LogP contribution is -2.29. The van der Waals surface area contributed by atoms with Gasteiger partial charge in [-0.25, -0.2) is 8.78 Å². The van der Waals surface area contributed by atoms with E-state index in [1.165, 1.54) is 24.3 Å². The van der Waals surface area contributed by atoms with Gasteiger partial charge in [-0.05, 0) is 36.6 Å². The summed E-state index contributed by atoms with van der Waals surface area (Å²) in [6.07, 6.45) is 3.47. The van der Waals surface area contributed by atoms with Crippen LogP contribution in [0, 0.1) is 17.6 Å². The van der Waals surface area contributed by atoms with Crippen molar-refractivity contribution in [1.82, 2.24) is 5.32 Å². The average molecular weight is 408 g/mol. The third-order valence-electron chi connectivity index (χ3n) is 4.67. The average Bonchev–Trinajstić information content (AvgIpc) is 3.16. The highest BCUT2D eigenvalue weighted by atomic mass is 19.3. The first-order valence-electron chi connectivity index (χ1n) is 9.12. The van der Waals surface area contributed by atoms with Crippen LogP contribution in [0.4, 0.5) is 23.2 Å². The second-order valence-corrected chi connectivity index (χ2v) is 6.69. The molecule has 0 spiro atoms. The van der Waals surface area contributed by atoms with Crippen molar-refractivity contribution in [2.75, 3.05) is 24.5 Å². The minimum absolute atomic E-state index is 0.00971. The van der Waals surface area contributed by atoms with Gasteiger partial charge in [0.15, 0.2) is 11.6 Å². The highest BCUT2D eigenvalue weighted by molar-refractivity contribution is 5.92. The molecule has 1 heterocycles. The van der Waals surface area contributed by atoms with Crippen LogP contribution in [-0.2, 0) is 4.79 Å². The highest BCUT2D eigenvalue weighted by Crippen LogP contribution is 2.25. The largest absolute Gasteiger partial charge is 0.434 e. The van der Waals surface area contributed by atoms with E-state index in [2.05, 4.69) is 10.1 Å². The van der Waals surface area contributed by atoms with E-state index < -0.39 is 18.2 Å². The summed E-state index contributed by atoms with van der Waals surface area (Å²) in [5.41, 5.74) is 0.974. The van der Waals surface area contributed by atoms with Crippen molar-refractivity contribution < 1.29 is 27.1 Å². The van der Waals surface area contributed by atoms with E-state index >= 15 is 0 Å². The Balaban J connectivity index is 1.50. The Morgan fingerprint density at radius 1 is 1.21 bits per heavy atom. The zero-order valence-electron chi connectivity index (χ0n) is 15.5. The van der Waals surface area contributed by atoms with Gasteiger partial charge in [-0.2, -0.15) is 8.78 Å². The number of carbonyl (C=O) groups is 1. The maximum atomic E-state index is 13.4. The monoisotopic (exact) mass is 408 g/mol. The zero-order chi connectivity index (χ0) is 20.8. The number of ether oxygens (including phenoxy) is 1. The molecule has 0 aliphatic carbocycles. The first kappa shape index (κ1) is 20.7. The Kier molecular flexibility index (Phi) is 6.74. The minimum Gasteiger partial charge on any atom is -0.434 e. The van der Waals surface area contributed by atoms with Crippen LogP contribution < -0.4 is 15.0 Å². The Morgan fingerprint density at radius 3 is 2.76 bits per heavy atom. The van der Waals surface area contributed by atoms with Crippen molar-refractivity contribution >= 4 is 17.7 Å². The molecular weight excluding hydrogens is 388 g/mol. The Bertz CT molecular complexity index is 889. The third kappa shape index (κ3) is 5.73. The van der Waals surface area contributed by atoms with E-state index in [9.17, 15) is 22.4 Å². The Hall–Kier alpha value is -3.03. The predicted octanol–water partition coefficient (Wildman–Crippen LogP) is 4.22. The molecular formula is C21H20F4N2O2. The van der Waals surface area contributed by atoms with Crippen LogP contribution in [0.2, 0.25) is 0 Å². The van der Waals surface area contributed by atoms with Crippen LogP contribution in [0.5, 0.6) is 5.75 Å². The molecule has 4 nitrogen and oxygen atoms in total. The van der Waals surface area contributed by atoms with Gasteiger partial charge in [0.2, 0.25) is 5.91 Å². The number of amides is 1. The third-order valence-corrected chi connectivity index (χ3v) is 4.67. The van der Waals surface area contributed by atoms with E-state index in [0.29, 0.717) is 30.9 Å². The lowest BCUT2D eigenvalue weighted by Gasteiger charge is -2.19. The van der Waals surface area contributed by atoms with Crippen molar-refractivity contribution in [3.63, 3.8) is 0 Å². The van der Waals surface area contributed by atoms with Crippen LogP contribution in [0.25, 0.3) is 6.08 Å². The molecule has 1 aliphatic heterocycles. The maximum Gasteiger partial charge on any atom is 0.387 e. The SMILES string of the molecule is O=C(/C=C/c1ccccc1OC(F)F)NCC1CCN(c2ccc(F)c(F)c2)C1. The van der Waals surface area contributed by atoms with Crippen molar-refractivity contribution in [2.24, 2.45) is 5.92 Å². The molecule has 3 rings (SSSR count). The van der Waals surface area contributed by atoms with Gasteiger partial charge in [0, 0.05) is 43.0 Å². The number of para-hydroxylation sites is 1. The normalized spacial score (nSPS) is 16.6. The van der Waals surface area contributed by atoms with Crippen LogP contribution in [0.15, 0.2) is 48.5 Å². The van der Waals surface area contributed by atoms with Crippen molar-refractivity contribution in [3.05, 3.63) is 65.7 Å². The molecule has 2 aromatic rings. The summed E-state index contributed by atoms with van der Waals surface area (Å²) in [6, 6.07) is 9.97. The molecule has 1 amide bonds. The van der Waals surface area contributed by atoms with E-state index in [-0.39, 0.29) is 17.6 Å². The van der Waals surface area contributed by atoms with Gasteiger partial charge in [-0.3, -0.25) is 4.79 Å².